The van der Waals surface area contributed by atoms with E-state index in [0.29, 0.717) is 6.04 Å². The lowest BCUT2D eigenvalue weighted by atomic mass is 10.0. The van der Waals surface area contributed by atoms with E-state index in [1.165, 1.54) is 12.5 Å². The van der Waals surface area contributed by atoms with Crippen LogP contribution in [0, 0.1) is 5.82 Å². The molecule has 2 heterocycles. The van der Waals surface area contributed by atoms with Gasteiger partial charge in [-0.15, -0.1) is 0 Å². The third-order valence-corrected chi connectivity index (χ3v) is 3.12. The number of hydrogen-bond donors (Lipinski definition) is 2. The van der Waals surface area contributed by atoms with Crippen molar-refractivity contribution in [3.8, 4) is 0 Å². The second-order valence-corrected chi connectivity index (χ2v) is 4.06. The topological polar surface area (TPSA) is 27.8 Å². The van der Waals surface area contributed by atoms with Crippen molar-refractivity contribution in [2.75, 3.05) is 6.54 Å². The molecule has 15 heavy (non-hydrogen) atoms. The number of aromatic amines is 1. The number of hydrogen-bond acceptors (Lipinski definition) is 1. The maximum absolute atomic E-state index is 13.7. The summed E-state index contributed by atoms with van der Waals surface area (Å²) in [6.45, 7) is 1.03. The van der Waals surface area contributed by atoms with Gasteiger partial charge in [-0.25, -0.2) is 4.39 Å². The predicted molar refractivity (Wildman–Crippen MR) is 58.2 cm³/mol. The van der Waals surface area contributed by atoms with Crippen LogP contribution < -0.4 is 5.32 Å². The molecule has 0 spiro atoms. The molecule has 2 nitrogen and oxygen atoms in total. The molecule has 2 aromatic rings. The van der Waals surface area contributed by atoms with Gasteiger partial charge in [0.1, 0.15) is 5.82 Å². The van der Waals surface area contributed by atoms with Gasteiger partial charge in [0.15, 0.2) is 0 Å². The first kappa shape index (κ1) is 8.92. The van der Waals surface area contributed by atoms with E-state index in [9.17, 15) is 4.39 Å². The molecule has 3 heteroatoms. The molecular weight excluding hydrogens is 191 g/mol. The lowest BCUT2D eigenvalue weighted by Crippen LogP contribution is -2.12. The summed E-state index contributed by atoms with van der Waals surface area (Å²) in [5, 5.41) is 4.14. The van der Waals surface area contributed by atoms with Crippen LogP contribution in [-0.2, 0) is 0 Å². The highest BCUT2D eigenvalue weighted by Gasteiger charge is 2.20. The van der Waals surface area contributed by atoms with Crippen LogP contribution in [0.25, 0.3) is 10.9 Å². The van der Waals surface area contributed by atoms with Crippen LogP contribution in [-0.4, -0.2) is 11.5 Å². The second kappa shape index (κ2) is 3.35. The summed E-state index contributed by atoms with van der Waals surface area (Å²) >= 11 is 0. The van der Waals surface area contributed by atoms with Crippen LogP contribution >= 0.6 is 0 Å². The Morgan fingerprint density at radius 1 is 1.33 bits per heavy atom. The van der Waals surface area contributed by atoms with E-state index in [1.807, 2.05) is 12.3 Å². The van der Waals surface area contributed by atoms with E-state index in [2.05, 4.69) is 10.3 Å². The smallest absolute Gasteiger partial charge is 0.132 e. The lowest BCUT2D eigenvalue weighted by molar-refractivity contribution is 0.626. The molecule has 1 aliphatic rings. The molecule has 1 aromatic carbocycles. The fourth-order valence-corrected chi connectivity index (χ4v) is 2.39. The molecule has 0 radical (unpaired) electrons. The summed E-state index contributed by atoms with van der Waals surface area (Å²) in [6, 6.07) is 5.49. The first-order chi connectivity index (χ1) is 7.36. The molecule has 1 fully saturated rings. The van der Waals surface area contributed by atoms with Gasteiger partial charge in [-0.3, -0.25) is 0 Å². The van der Waals surface area contributed by atoms with Crippen molar-refractivity contribution in [1.29, 1.82) is 0 Å². The summed E-state index contributed by atoms with van der Waals surface area (Å²) in [5.74, 6) is -0.127. The lowest BCUT2D eigenvalue weighted by Gasteiger charge is -2.08. The zero-order valence-corrected chi connectivity index (χ0v) is 8.39. The molecule has 1 saturated heterocycles. The standard InChI is InChI=1S/C12H13FN2/c13-9-3-1-4-11-12(9)8(7-15-11)10-5-2-6-14-10/h1,3-4,7,10,14-15H,2,5-6H2. The third-order valence-electron chi connectivity index (χ3n) is 3.12. The van der Waals surface area contributed by atoms with Gasteiger partial charge >= 0.3 is 0 Å². The quantitative estimate of drug-likeness (QED) is 0.734. The molecule has 0 amide bonds. The van der Waals surface area contributed by atoms with Gasteiger partial charge in [0.2, 0.25) is 0 Å². The molecule has 1 atom stereocenters. The molecule has 0 saturated carbocycles. The Balaban J connectivity index is 2.18. The van der Waals surface area contributed by atoms with Gasteiger partial charge in [-0.05, 0) is 37.1 Å². The first-order valence-electron chi connectivity index (χ1n) is 5.35. The zero-order chi connectivity index (χ0) is 10.3. The normalized spacial score (nSPS) is 21.3. The minimum atomic E-state index is -0.127. The van der Waals surface area contributed by atoms with Gasteiger partial charge in [0, 0.05) is 23.1 Å². The maximum atomic E-state index is 13.7. The largest absolute Gasteiger partial charge is 0.361 e. The van der Waals surface area contributed by atoms with Crippen molar-refractivity contribution >= 4 is 10.9 Å². The summed E-state index contributed by atoms with van der Waals surface area (Å²) in [7, 11) is 0. The third kappa shape index (κ3) is 1.35. The van der Waals surface area contributed by atoms with Crippen molar-refractivity contribution in [1.82, 2.24) is 10.3 Å². The van der Waals surface area contributed by atoms with Gasteiger partial charge in [0.05, 0.1) is 0 Å². The SMILES string of the molecule is Fc1cccc2[nH]cc(C3CCCN3)c12. The first-order valence-corrected chi connectivity index (χ1v) is 5.35. The number of H-pyrrole nitrogens is 1. The van der Waals surface area contributed by atoms with Gasteiger partial charge in [-0.2, -0.15) is 0 Å². The average molecular weight is 204 g/mol. The highest BCUT2D eigenvalue weighted by molar-refractivity contribution is 5.84. The minimum absolute atomic E-state index is 0.127. The van der Waals surface area contributed by atoms with Crippen LogP contribution in [0.5, 0.6) is 0 Å². The number of nitrogens with one attached hydrogen (secondary N) is 2. The number of benzene rings is 1. The van der Waals surface area contributed by atoms with Crippen LogP contribution in [0.2, 0.25) is 0 Å². The maximum Gasteiger partial charge on any atom is 0.132 e. The Bertz CT molecular complexity index is 483. The summed E-state index contributed by atoms with van der Waals surface area (Å²) in [4.78, 5) is 3.13. The van der Waals surface area contributed by atoms with Crippen molar-refractivity contribution in [3.05, 3.63) is 35.8 Å². The van der Waals surface area contributed by atoms with E-state index in [1.54, 1.807) is 6.07 Å². The van der Waals surface area contributed by atoms with E-state index in [-0.39, 0.29) is 5.82 Å². The molecule has 1 aliphatic heterocycles. The summed E-state index contributed by atoms with van der Waals surface area (Å²) in [6.07, 6.45) is 4.20. The Morgan fingerprint density at radius 2 is 2.27 bits per heavy atom. The van der Waals surface area contributed by atoms with Crippen molar-refractivity contribution in [3.63, 3.8) is 0 Å². The van der Waals surface area contributed by atoms with Gasteiger partial charge < -0.3 is 10.3 Å². The number of halogens is 1. The minimum Gasteiger partial charge on any atom is -0.361 e. The highest BCUT2D eigenvalue weighted by Crippen LogP contribution is 2.30. The highest BCUT2D eigenvalue weighted by atomic mass is 19.1. The monoisotopic (exact) mass is 204 g/mol. The predicted octanol–water partition coefficient (Wildman–Crippen LogP) is 2.73. The van der Waals surface area contributed by atoms with Crippen molar-refractivity contribution in [2.45, 2.75) is 18.9 Å². The fourth-order valence-electron chi connectivity index (χ4n) is 2.39. The molecule has 78 valence electrons. The molecular formula is C12H13FN2. The van der Waals surface area contributed by atoms with Crippen LogP contribution in [0.3, 0.4) is 0 Å². The Kier molecular flexibility index (Phi) is 1.99. The second-order valence-electron chi connectivity index (χ2n) is 4.06. The van der Waals surface area contributed by atoms with E-state index >= 15 is 0 Å². The summed E-state index contributed by atoms with van der Waals surface area (Å²) in [5.41, 5.74) is 1.96. The van der Waals surface area contributed by atoms with Gasteiger partial charge in [0.25, 0.3) is 0 Å². The Hall–Kier alpha value is -1.35. The van der Waals surface area contributed by atoms with Gasteiger partial charge in [-0.1, -0.05) is 6.07 Å². The summed E-state index contributed by atoms with van der Waals surface area (Å²) < 4.78 is 13.7. The van der Waals surface area contributed by atoms with Crippen molar-refractivity contribution in [2.24, 2.45) is 0 Å². The number of fused-ring (bicyclic) bond motifs is 1. The molecule has 3 rings (SSSR count). The fraction of sp³-hybridized carbons (Fsp3) is 0.333. The van der Waals surface area contributed by atoms with Crippen molar-refractivity contribution < 1.29 is 4.39 Å². The number of rotatable bonds is 1. The van der Waals surface area contributed by atoms with Crippen LogP contribution in [0.4, 0.5) is 4.39 Å². The van der Waals surface area contributed by atoms with E-state index in [4.69, 9.17) is 0 Å². The van der Waals surface area contributed by atoms with E-state index in [0.717, 1.165) is 29.4 Å². The molecule has 0 bridgehead atoms. The van der Waals surface area contributed by atoms with Crippen LogP contribution in [0.1, 0.15) is 24.4 Å². The molecule has 1 unspecified atom stereocenters. The molecule has 1 aromatic heterocycles. The Labute approximate surface area is 87.5 Å². The molecule has 2 N–H and O–H groups in total. The van der Waals surface area contributed by atoms with E-state index < -0.39 is 0 Å². The average Bonchev–Trinajstić information content (AvgIpc) is 2.85. The zero-order valence-electron chi connectivity index (χ0n) is 8.39. The van der Waals surface area contributed by atoms with Crippen LogP contribution in [0.15, 0.2) is 24.4 Å². The molecule has 0 aliphatic carbocycles. The Morgan fingerprint density at radius 3 is 3.07 bits per heavy atom. The number of aromatic nitrogens is 1.